The van der Waals surface area contributed by atoms with Gasteiger partial charge in [-0.05, 0) is 24.3 Å². The van der Waals surface area contributed by atoms with Crippen LogP contribution >= 0.6 is 0 Å². The van der Waals surface area contributed by atoms with Crippen molar-refractivity contribution in [1.82, 2.24) is 5.32 Å². The van der Waals surface area contributed by atoms with E-state index in [4.69, 9.17) is 9.84 Å². The highest BCUT2D eigenvalue weighted by molar-refractivity contribution is 5.97. The predicted molar refractivity (Wildman–Crippen MR) is 100 cm³/mol. The largest absolute Gasteiger partial charge is 0.452 e. The zero-order valence-electron chi connectivity index (χ0n) is 15.2. The molecule has 0 heterocycles. The van der Waals surface area contributed by atoms with Crippen molar-refractivity contribution in [3.05, 3.63) is 59.7 Å². The predicted octanol–water partition coefficient (Wildman–Crippen LogP) is 1.28. The van der Waals surface area contributed by atoms with Crippen molar-refractivity contribution < 1.29 is 33.0 Å². The van der Waals surface area contributed by atoms with E-state index in [0.717, 1.165) is 12.1 Å². The van der Waals surface area contributed by atoms with E-state index in [9.17, 15) is 23.2 Å². The fourth-order valence-electron chi connectivity index (χ4n) is 2.22. The number of carbonyl (C=O) groups is 3. The van der Waals surface area contributed by atoms with Crippen LogP contribution in [0.4, 0.5) is 20.2 Å². The molecule has 0 bridgehead atoms. The molecule has 0 aliphatic carbocycles. The molecule has 0 spiro atoms. The summed E-state index contributed by atoms with van der Waals surface area (Å²) in [5, 5.41) is 16.2. The molecular weight excluding hydrogens is 388 g/mol. The molecule has 10 heteroatoms. The second-order valence-electron chi connectivity index (χ2n) is 5.73. The molecular formula is C19H19F2N3O5. The van der Waals surface area contributed by atoms with Gasteiger partial charge in [0.05, 0.1) is 18.7 Å². The van der Waals surface area contributed by atoms with Crippen molar-refractivity contribution in [3.63, 3.8) is 0 Å². The fourth-order valence-corrected chi connectivity index (χ4v) is 2.22. The van der Waals surface area contributed by atoms with Gasteiger partial charge in [0.1, 0.15) is 0 Å². The number of carbonyl (C=O) groups excluding carboxylic acids is 3. The van der Waals surface area contributed by atoms with Crippen molar-refractivity contribution in [1.29, 1.82) is 0 Å². The first-order chi connectivity index (χ1) is 13.9. The molecule has 0 saturated heterocycles. The van der Waals surface area contributed by atoms with Gasteiger partial charge in [-0.1, -0.05) is 12.1 Å². The number of aliphatic hydroxyl groups is 1. The molecule has 0 fully saturated rings. The first kappa shape index (κ1) is 21.8. The minimum atomic E-state index is -1.12. The number of para-hydroxylation sites is 1. The number of hydrogen-bond donors (Lipinski definition) is 4. The Hall–Kier alpha value is -3.53. The Morgan fingerprint density at radius 3 is 2.48 bits per heavy atom. The van der Waals surface area contributed by atoms with Crippen molar-refractivity contribution in [2.45, 2.75) is 0 Å². The SMILES string of the molecule is O=C(COC(=O)c1ccccc1NCCO)NCC(=O)Nc1ccc(F)c(F)c1. The van der Waals surface area contributed by atoms with Crippen molar-refractivity contribution in [2.24, 2.45) is 0 Å². The zero-order valence-corrected chi connectivity index (χ0v) is 15.2. The molecule has 29 heavy (non-hydrogen) atoms. The summed E-state index contributed by atoms with van der Waals surface area (Å²) < 4.78 is 30.9. The minimum Gasteiger partial charge on any atom is -0.452 e. The van der Waals surface area contributed by atoms with Crippen molar-refractivity contribution in [2.75, 3.05) is 36.9 Å². The van der Waals surface area contributed by atoms with Crippen LogP contribution in [-0.2, 0) is 14.3 Å². The van der Waals surface area contributed by atoms with Crippen LogP contribution in [0, 0.1) is 11.6 Å². The smallest absolute Gasteiger partial charge is 0.340 e. The topological polar surface area (TPSA) is 117 Å². The number of rotatable bonds is 9. The number of esters is 1. The van der Waals surface area contributed by atoms with Gasteiger partial charge in [-0.15, -0.1) is 0 Å². The number of amides is 2. The summed E-state index contributed by atoms with van der Waals surface area (Å²) in [6.07, 6.45) is 0. The van der Waals surface area contributed by atoms with Crippen LogP contribution in [0.3, 0.4) is 0 Å². The first-order valence-corrected chi connectivity index (χ1v) is 8.53. The van der Waals surface area contributed by atoms with Crippen molar-refractivity contribution in [3.8, 4) is 0 Å². The molecule has 0 radical (unpaired) electrons. The summed E-state index contributed by atoms with van der Waals surface area (Å²) in [6, 6.07) is 9.25. The maximum Gasteiger partial charge on any atom is 0.340 e. The third kappa shape index (κ3) is 6.85. The van der Waals surface area contributed by atoms with E-state index >= 15 is 0 Å². The van der Waals surface area contributed by atoms with E-state index < -0.39 is 42.6 Å². The summed E-state index contributed by atoms with van der Waals surface area (Å²) >= 11 is 0. The van der Waals surface area contributed by atoms with Gasteiger partial charge < -0.3 is 25.8 Å². The van der Waals surface area contributed by atoms with Crippen LogP contribution in [0.25, 0.3) is 0 Å². The second-order valence-corrected chi connectivity index (χ2v) is 5.73. The minimum absolute atomic E-state index is 0.0292. The first-order valence-electron chi connectivity index (χ1n) is 8.53. The zero-order chi connectivity index (χ0) is 21.2. The maximum atomic E-state index is 13.1. The van der Waals surface area contributed by atoms with Crippen LogP contribution in [0.5, 0.6) is 0 Å². The lowest BCUT2D eigenvalue weighted by atomic mass is 10.2. The van der Waals surface area contributed by atoms with Gasteiger partial charge in [-0.3, -0.25) is 9.59 Å². The second kappa shape index (κ2) is 10.7. The van der Waals surface area contributed by atoms with Gasteiger partial charge in [-0.2, -0.15) is 0 Å². The Morgan fingerprint density at radius 2 is 1.76 bits per heavy atom. The number of aliphatic hydroxyl groups excluding tert-OH is 1. The van der Waals surface area contributed by atoms with E-state index in [1.807, 2.05) is 0 Å². The van der Waals surface area contributed by atoms with Gasteiger partial charge in [0, 0.05) is 24.0 Å². The summed E-state index contributed by atoms with van der Waals surface area (Å²) in [4.78, 5) is 35.6. The van der Waals surface area contributed by atoms with Crippen molar-refractivity contribution >= 4 is 29.2 Å². The Bertz CT molecular complexity index is 892. The fraction of sp³-hybridized carbons (Fsp3) is 0.211. The van der Waals surface area contributed by atoms with Gasteiger partial charge in [0.15, 0.2) is 18.2 Å². The molecule has 2 aromatic carbocycles. The highest BCUT2D eigenvalue weighted by Gasteiger charge is 2.14. The monoisotopic (exact) mass is 407 g/mol. The van der Waals surface area contributed by atoms with E-state index in [1.54, 1.807) is 18.2 Å². The number of halogens is 2. The summed E-state index contributed by atoms with van der Waals surface area (Å²) in [5.74, 6) is -4.32. The lowest BCUT2D eigenvalue weighted by Crippen LogP contribution is -2.35. The average Bonchev–Trinajstić information content (AvgIpc) is 2.71. The normalized spacial score (nSPS) is 10.2. The summed E-state index contributed by atoms with van der Waals surface area (Å²) in [5.41, 5.74) is 0.657. The highest BCUT2D eigenvalue weighted by Crippen LogP contribution is 2.16. The third-order valence-corrected chi connectivity index (χ3v) is 3.56. The summed E-state index contributed by atoms with van der Waals surface area (Å²) in [6.45, 7) is -0.966. The van der Waals surface area contributed by atoms with Crippen LogP contribution in [0.2, 0.25) is 0 Å². The van der Waals surface area contributed by atoms with E-state index in [0.29, 0.717) is 5.69 Å². The highest BCUT2D eigenvalue weighted by atomic mass is 19.2. The number of hydrogen-bond acceptors (Lipinski definition) is 6. The standard InChI is InChI=1S/C19H19F2N3O5/c20-14-6-5-12(9-15(14)21)24-17(26)10-23-18(27)11-29-19(28)13-3-1-2-4-16(13)22-7-8-25/h1-6,9,22,25H,7-8,10-11H2,(H,23,27)(H,24,26). The van der Waals surface area contributed by atoms with Crippen LogP contribution < -0.4 is 16.0 Å². The lowest BCUT2D eigenvalue weighted by Gasteiger charge is -2.11. The molecule has 2 rings (SSSR count). The molecule has 0 aliphatic heterocycles. The van der Waals surface area contributed by atoms with Crippen LogP contribution in [0.1, 0.15) is 10.4 Å². The van der Waals surface area contributed by atoms with Gasteiger partial charge >= 0.3 is 5.97 Å². The summed E-state index contributed by atoms with van der Waals surface area (Å²) in [7, 11) is 0. The molecule has 0 aromatic heterocycles. The quantitative estimate of drug-likeness (QED) is 0.466. The Balaban J connectivity index is 1.78. The van der Waals surface area contributed by atoms with Crippen LogP contribution in [-0.4, -0.2) is 49.2 Å². The molecule has 2 amide bonds. The van der Waals surface area contributed by atoms with Gasteiger partial charge in [0.25, 0.3) is 5.91 Å². The van der Waals surface area contributed by atoms with E-state index in [2.05, 4.69) is 16.0 Å². The Kier molecular flexibility index (Phi) is 8.04. The average molecular weight is 407 g/mol. The molecule has 0 unspecified atom stereocenters. The number of anilines is 2. The molecule has 4 N–H and O–H groups in total. The van der Waals surface area contributed by atoms with Gasteiger partial charge in [0.2, 0.25) is 5.91 Å². The van der Waals surface area contributed by atoms with E-state index in [-0.39, 0.29) is 24.4 Å². The molecule has 154 valence electrons. The number of ether oxygens (including phenoxy) is 1. The molecule has 8 nitrogen and oxygen atoms in total. The molecule has 0 atom stereocenters. The number of nitrogens with one attached hydrogen (secondary N) is 3. The van der Waals surface area contributed by atoms with Gasteiger partial charge in [-0.25, -0.2) is 13.6 Å². The molecule has 0 saturated carbocycles. The number of benzene rings is 2. The Labute approximate surface area is 164 Å². The molecule has 0 aliphatic rings. The Morgan fingerprint density at radius 1 is 1.00 bits per heavy atom. The van der Waals surface area contributed by atoms with Crippen LogP contribution in [0.15, 0.2) is 42.5 Å². The lowest BCUT2D eigenvalue weighted by molar-refractivity contribution is -0.126. The third-order valence-electron chi connectivity index (χ3n) is 3.56. The van der Waals surface area contributed by atoms with E-state index in [1.165, 1.54) is 12.1 Å². The molecule has 2 aromatic rings. The maximum absolute atomic E-state index is 13.1.